The van der Waals surface area contributed by atoms with E-state index in [1.807, 2.05) is 0 Å². The predicted molar refractivity (Wildman–Crippen MR) is 41.5 cm³/mol. The number of nitrogens with two attached hydrogens (primary N) is 1. The first-order valence-electron chi connectivity index (χ1n) is 3.79. The lowest BCUT2D eigenvalue weighted by atomic mass is 10.1. The molecule has 0 aromatic carbocycles. The van der Waals surface area contributed by atoms with Crippen LogP contribution in [0.25, 0.3) is 0 Å². The number of rotatable bonds is 3. The Balaban J connectivity index is 2.56. The number of nitrogens with zero attached hydrogens (tertiary/aromatic N) is 1. The van der Waals surface area contributed by atoms with Gasteiger partial charge in [-0.15, -0.1) is 0 Å². The average Bonchev–Trinajstić information content (AvgIpc) is 2.31. The second-order valence-electron chi connectivity index (χ2n) is 2.98. The Bertz CT molecular complexity index is 263. The van der Waals surface area contributed by atoms with Crippen LogP contribution < -0.4 is 5.73 Å². The molecular weight excluding hydrogens is 176 g/mol. The topological polar surface area (TPSA) is 101 Å². The van der Waals surface area contributed by atoms with Gasteiger partial charge in [0.25, 0.3) is 0 Å². The number of aliphatic carboxylic acids is 1. The van der Waals surface area contributed by atoms with Crippen molar-refractivity contribution in [3.8, 4) is 0 Å². The second-order valence-corrected chi connectivity index (χ2v) is 2.98. The van der Waals surface area contributed by atoms with Gasteiger partial charge >= 0.3 is 5.97 Å². The van der Waals surface area contributed by atoms with Crippen LogP contribution in [-0.4, -0.2) is 40.9 Å². The van der Waals surface area contributed by atoms with Crippen molar-refractivity contribution in [2.45, 2.75) is 6.42 Å². The average molecular weight is 186 g/mol. The van der Waals surface area contributed by atoms with Crippen LogP contribution in [0.15, 0.2) is 0 Å². The SMILES string of the molecule is NC(=O)CN1CC(C(=O)O)CC1=O. The van der Waals surface area contributed by atoms with Gasteiger partial charge in [0, 0.05) is 13.0 Å². The van der Waals surface area contributed by atoms with Gasteiger partial charge in [-0.25, -0.2) is 0 Å². The zero-order valence-electron chi connectivity index (χ0n) is 6.90. The fourth-order valence-corrected chi connectivity index (χ4v) is 1.28. The van der Waals surface area contributed by atoms with E-state index >= 15 is 0 Å². The molecule has 1 atom stereocenters. The summed E-state index contributed by atoms with van der Waals surface area (Å²) in [6.07, 6.45) is -0.0391. The number of carbonyl (C=O) groups is 3. The molecule has 0 radical (unpaired) electrons. The molecule has 1 fully saturated rings. The van der Waals surface area contributed by atoms with E-state index in [-0.39, 0.29) is 25.4 Å². The van der Waals surface area contributed by atoms with Gasteiger partial charge in [-0.05, 0) is 0 Å². The molecule has 1 aliphatic heterocycles. The van der Waals surface area contributed by atoms with Crippen molar-refractivity contribution in [2.75, 3.05) is 13.1 Å². The molecule has 1 aliphatic rings. The lowest BCUT2D eigenvalue weighted by Crippen LogP contribution is -2.35. The highest BCUT2D eigenvalue weighted by atomic mass is 16.4. The standard InChI is InChI=1S/C7H10N2O4/c8-5(10)3-9-2-4(7(12)13)1-6(9)11/h4H,1-3H2,(H2,8,10)(H,12,13). The number of carboxylic acid groups (broad SMARTS) is 1. The summed E-state index contributed by atoms with van der Waals surface area (Å²) in [6.45, 7) is -0.111. The summed E-state index contributed by atoms with van der Waals surface area (Å²) in [5, 5.41) is 8.59. The molecule has 1 rings (SSSR count). The molecule has 6 heteroatoms. The van der Waals surface area contributed by atoms with Crippen LogP contribution in [0.3, 0.4) is 0 Å². The Morgan fingerprint density at radius 1 is 1.62 bits per heavy atom. The first-order valence-corrected chi connectivity index (χ1v) is 3.79. The van der Waals surface area contributed by atoms with E-state index in [4.69, 9.17) is 10.8 Å². The summed E-state index contributed by atoms with van der Waals surface area (Å²) in [4.78, 5) is 33.2. The smallest absolute Gasteiger partial charge is 0.308 e. The fraction of sp³-hybridized carbons (Fsp3) is 0.571. The van der Waals surface area contributed by atoms with Gasteiger partial charge in [0.2, 0.25) is 11.8 Å². The zero-order valence-corrected chi connectivity index (χ0v) is 6.90. The van der Waals surface area contributed by atoms with Gasteiger partial charge in [-0.1, -0.05) is 0 Å². The minimum atomic E-state index is -1.01. The van der Waals surface area contributed by atoms with E-state index in [1.165, 1.54) is 4.90 Å². The highest BCUT2D eigenvalue weighted by Gasteiger charge is 2.34. The van der Waals surface area contributed by atoms with Crippen LogP contribution in [0.4, 0.5) is 0 Å². The Hall–Kier alpha value is -1.59. The lowest BCUT2D eigenvalue weighted by molar-refractivity contribution is -0.141. The quantitative estimate of drug-likeness (QED) is 0.554. The minimum Gasteiger partial charge on any atom is -0.481 e. The summed E-state index contributed by atoms with van der Waals surface area (Å²) < 4.78 is 0. The molecule has 3 N–H and O–H groups in total. The van der Waals surface area contributed by atoms with Crippen molar-refractivity contribution in [1.82, 2.24) is 4.90 Å². The predicted octanol–water partition coefficient (Wildman–Crippen LogP) is -1.60. The Labute approximate surface area is 74.3 Å². The van der Waals surface area contributed by atoms with E-state index < -0.39 is 17.8 Å². The van der Waals surface area contributed by atoms with E-state index in [1.54, 1.807) is 0 Å². The number of hydrogen-bond acceptors (Lipinski definition) is 3. The van der Waals surface area contributed by atoms with Crippen LogP contribution in [0.1, 0.15) is 6.42 Å². The maximum Gasteiger partial charge on any atom is 0.308 e. The molecule has 1 heterocycles. The molecule has 1 unspecified atom stereocenters. The van der Waals surface area contributed by atoms with Crippen LogP contribution in [0.2, 0.25) is 0 Å². The normalized spacial score (nSPS) is 22.0. The first-order chi connectivity index (χ1) is 6.00. The first kappa shape index (κ1) is 9.50. The maximum atomic E-state index is 11.1. The van der Waals surface area contributed by atoms with Gasteiger partial charge in [0.05, 0.1) is 12.5 Å². The van der Waals surface area contributed by atoms with Gasteiger partial charge in [0.15, 0.2) is 0 Å². The molecule has 0 aliphatic carbocycles. The van der Waals surface area contributed by atoms with E-state index in [0.717, 1.165) is 0 Å². The van der Waals surface area contributed by atoms with Crippen molar-refractivity contribution in [1.29, 1.82) is 0 Å². The summed E-state index contributed by atoms with van der Waals surface area (Å²) >= 11 is 0. The number of primary amides is 1. The fourth-order valence-electron chi connectivity index (χ4n) is 1.28. The van der Waals surface area contributed by atoms with E-state index in [0.29, 0.717) is 0 Å². The van der Waals surface area contributed by atoms with Crippen LogP contribution in [0.5, 0.6) is 0 Å². The largest absolute Gasteiger partial charge is 0.481 e. The molecular formula is C7H10N2O4. The summed E-state index contributed by atoms with van der Waals surface area (Å²) in [5.41, 5.74) is 4.88. The molecule has 13 heavy (non-hydrogen) atoms. The monoisotopic (exact) mass is 186 g/mol. The molecule has 0 aromatic rings. The molecule has 2 amide bonds. The molecule has 0 aromatic heterocycles. The van der Waals surface area contributed by atoms with Gasteiger partial charge in [-0.3, -0.25) is 14.4 Å². The summed E-state index contributed by atoms with van der Waals surface area (Å²) in [5.74, 6) is -2.67. The maximum absolute atomic E-state index is 11.1. The number of likely N-dealkylation sites (tertiary alicyclic amines) is 1. The third kappa shape index (κ3) is 2.17. The minimum absolute atomic E-state index is 0.0391. The third-order valence-corrected chi connectivity index (χ3v) is 1.91. The van der Waals surface area contributed by atoms with Gasteiger partial charge in [-0.2, -0.15) is 0 Å². The molecule has 0 bridgehead atoms. The van der Waals surface area contributed by atoms with Gasteiger partial charge < -0.3 is 15.7 Å². The number of carbonyl (C=O) groups excluding carboxylic acids is 2. The highest BCUT2D eigenvalue weighted by Crippen LogP contribution is 2.16. The molecule has 72 valence electrons. The highest BCUT2D eigenvalue weighted by molar-refractivity contribution is 5.89. The number of amides is 2. The van der Waals surface area contributed by atoms with Crippen LogP contribution >= 0.6 is 0 Å². The molecule has 0 saturated carbocycles. The Morgan fingerprint density at radius 2 is 2.23 bits per heavy atom. The molecule has 0 spiro atoms. The number of hydrogen-bond donors (Lipinski definition) is 2. The number of carboxylic acids is 1. The Morgan fingerprint density at radius 3 is 2.62 bits per heavy atom. The van der Waals surface area contributed by atoms with Crippen LogP contribution in [-0.2, 0) is 14.4 Å². The van der Waals surface area contributed by atoms with Crippen molar-refractivity contribution in [3.63, 3.8) is 0 Å². The van der Waals surface area contributed by atoms with Gasteiger partial charge in [0.1, 0.15) is 0 Å². The third-order valence-electron chi connectivity index (χ3n) is 1.91. The van der Waals surface area contributed by atoms with Crippen molar-refractivity contribution >= 4 is 17.8 Å². The molecule has 6 nitrogen and oxygen atoms in total. The summed E-state index contributed by atoms with van der Waals surface area (Å²) in [6, 6.07) is 0. The van der Waals surface area contributed by atoms with Crippen LogP contribution in [0, 0.1) is 5.92 Å². The van der Waals surface area contributed by atoms with E-state index in [2.05, 4.69) is 0 Å². The van der Waals surface area contributed by atoms with Crippen molar-refractivity contribution in [2.24, 2.45) is 11.7 Å². The van der Waals surface area contributed by atoms with E-state index in [9.17, 15) is 14.4 Å². The van der Waals surface area contributed by atoms with Crippen molar-refractivity contribution in [3.05, 3.63) is 0 Å². The molecule has 1 saturated heterocycles. The second kappa shape index (κ2) is 3.42. The zero-order chi connectivity index (χ0) is 10.0. The Kier molecular flexibility index (Phi) is 2.50. The van der Waals surface area contributed by atoms with Crippen molar-refractivity contribution < 1.29 is 19.5 Å². The summed E-state index contributed by atoms with van der Waals surface area (Å²) in [7, 11) is 0. The lowest BCUT2D eigenvalue weighted by Gasteiger charge is -2.12.